The van der Waals surface area contributed by atoms with E-state index in [4.69, 9.17) is 16.3 Å². The van der Waals surface area contributed by atoms with Gasteiger partial charge in [-0.3, -0.25) is 4.90 Å². The molecule has 0 aliphatic carbocycles. The van der Waals surface area contributed by atoms with E-state index < -0.39 is 11.9 Å². The number of aromatic nitrogens is 1. The number of aromatic amines is 1. The molecule has 1 aromatic heterocycles. The average molecular weight is 345 g/mol. The van der Waals surface area contributed by atoms with Crippen molar-refractivity contribution in [2.75, 3.05) is 11.5 Å². The Morgan fingerprint density at radius 2 is 2.04 bits per heavy atom. The number of H-pyrrole nitrogens is 1. The zero-order chi connectivity index (χ0) is 16.7. The van der Waals surface area contributed by atoms with Crippen molar-refractivity contribution in [2.24, 2.45) is 0 Å². The molecule has 3 aromatic rings. The van der Waals surface area contributed by atoms with Gasteiger partial charge in [-0.1, -0.05) is 41.9 Å². The van der Waals surface area contributed by atoms with Gasteiger partial charge in [-0.05, 0) is 30.2 Å². The number of nitrogens with zero attached hydrogens (tertiary/aromatic N) is 1. The van der Waals surface area contributed by atoms with Gasteiger partial charge in [-0.25, -0.2) is 9.18 Å². The monoisotopic (exact) mass is 344 g/mol. The lowest BCUT2D eigenvalue weighted by Crippen LogP contribution is -2.35. The highest BCUT2D eigenvalue weighted by Crippen LogP contribution is 2.31. The van der Waals surface area contributed by atoms with Gasteiger partial charge in [-0.2, -0.15) is 0 Å². The molecule has 1 N–H and O–H groups in total. The van der Waals surface area contributed by atoms with Crippen LogP contribution in [0.5, 0.6) is 0 Å². The molecule has 2 aromatic carbocycles. The number of anilines is 1. The third kappa shape index (κ3) is 2.61. The zero-order valence-corrected chi connectivity index (χ0v) is 13.4. The average Bonchev–Trinajstić information content (AvgIpc) is 3.12. The Bertz CT molecular complexity index is 910. The van der Waals surface area contributed by atoms with Crippen LogP contribution in [0, 0.1) is 5.82 Å². The first-order valence-electron chi connectivity index (χ1n) is 7.59. The fourth-order valence-electron chi connectivity index (χ4n) is 3.07. The van der Waals surface area contributed by atoms with Gasteiger partial charge in [0.05, 0.1) is 11.6 Å². The van der Waals surface area contributed by atoms with E-state index in [9.17, 15) is 9.18 Å². The van der Waals surface area contributed by atoms with E-state index in [0.717, 1.165) is 5.56 Å². The number of ether oxygens (including phenoxy) is 1. The van der Waals surface area contributed by atoms with Crippen LogP contribution in [0.4, 0.5) is 15.0 Å². The molecule has 24 heavy (non-hydrogen) atoms. The number of hydrogen-bond acceptors (Lipinski definition) is 2. The van der Waals surface area contributed by atoms with Gasteiger partial charge < -0.3 is 9.72 Å². The summed E-state index contributed by atoms with van der Waals surface area (Å²) >= 11 is 5.90. The molecule has 1 amide bonds. The summed E-state index contributed by atoms with van der Waals surface area (Å²) in [4.78, 5) is 16.7. The second-order valence-corrected chi connectivity index (χ2v) is 6.23. The lowest BCUT2D eigenvalue weighted by Gasteiger charge is -2.19. The maximum atomic E-state index is 14.0. The van der Waals surface area contributed by atoms with Crippen molar-refractivity contribution in [3.05, 3.63) is 64.9 Å². The molecule has 0 unspecified atom stereocenters. The van der Waals surface area contributed by atoms with Crippen molar-refractivity contribution in [1.29, 1.82) is 0 Å². The minimum Gasteiger partial charge on any atom is -0.447 e. The molecular formula is C18H14ClFN2O2. The topological polar surface area (TPSA) is 45.3 Å². The van der Waals surface area contributed by atoms with Gasteiger partial charge in [-0.15, -0.1) is 0 Å². The molecule has 122 valence electrons. The minimum absolute atomic E-state index is 0.147. The van der Waals surface area contributed by atoms with Crippen molar-refractivity contribution >= 4 is 34.4 Å². The lowest BCUT2D eigenvalue weighted by molar-refractivity contribution is 0.178. The van der Waals surface area contributed by atoms with Crippen LogP contribution in [0.1, 0.15) is 5.56 Å². The van der Waals surface area contributed by atoms with Gasteiger partial charge in [0.15, 0.2) is 0 Å². The van der Waals surface area contributed by atoms with Crippen molar-refractivity contribution in [2.45, 2.75) is 12.5 Å². The molecule has 0 saturated carbocycles. The molecule has 1 atom stereocenters. The van der Waals surface area contributed by atoms with Crippen LogP contribution >= 0.6 is 11.6 Å². The summed E-state index contributed by atoms with van der Waals surface area (Å²) in [6, 6.07) is 14.3. The highest BCUT2D eigenvalue weighted by Gasteiger charge is 2.35. The number of nitrogens with one attached hydrogen (secondary N) is 1. The normalized spacial score (nSPS) is 17.5. The zero-order valence-electron chi connectivity index (χ0n) is 12.6. The Morgan fingerprint density at radius 1 is 1.25 bits per heavy atom. The molecule has 4 rings (SSSR count). The van der Waals surface area contributed by atoms with Crippen LogP contribution in [0.3, 0.4) is 0 Å². The Kier molecular flexibility index (Phi) is 3.65. The summed E-state index contributed by atoms with van der Waals surface area (Å²) in [5.74, 6) is 0.0607. The number of halogens is 2. The fraction of sp³-hybridized carbons (Fsp3) is 0.167. The molecule has 1 aliphatic rings. The molecule has 0 radical (unpaired) electrons. The quantitative estimate of drug-likeness (QED) is 0.758. The van der Waals surface area contributed by atoms with Crippen molar-refractivity contribution in [1.82, 2.24) is 4.98 Å². The van der Waals surface area contributed by atoms with Gasteiger partial charge in [0.1, 0.15) is 18.2 Å². The number of hydrogen-bond donors (Lipinski definition) is 1. The maximum absolute atomic E-state index is 14.0. The van der Waals surface area contributed by atoms with Crippen LogP contribution in [-0.4, -0.2) is 23.7 Å². The highest BCUT2D eigenvalue weighted by atomic mass is 35.5. The molecule has 4 nitrogen and oxygen atoms in total. The molecular weight excluding hydrogens is 331 g/mol. The van der Waals surface area contributed by atoms with E-state index in [1.165, 1.54) is 6.07 Å². The van der Waals surface area contributed by atoms with Crippen molar-refractivity contribution in [3.63, 3.8) is 0 Å². The molecule has 1 fully saturated rings. The predicted molar refractivity (Wildman–Crippen MR) is 91.0 cm³/mol. The molecule has 2 heterocycles. The maximum Gasteiger partial charge on any atom is 0.415 e. The number of amides is 1. The van der Waals surface area contributed by atoms with Gasteiger partial charge >= 0.3 is 6.09 Å². The van der Waals surface area contributed by atoms with Crippen LogP contribution in [0.15, 0.2) is 48.5 Å². The second-order valence-electron chi connectivity index (χ2n) is 5.80. The second kappa shape index (κ2) is 5.83. The molecule has 1 saturated heterocycles. The molecule has 0 spiro atoms. The third-order valence-electron chi connectivity index (χ3n) is 4.17. The first-order chi connectivity index (χ1) is 11.6. The Morgan fingerprint density at radius 3 is 2.83 bits per heavy atom. The Balaban J connectivity index is 1.70. The fourth-order valence-corrected chi connectivity index (χ4v) is 3.29. The molecule has 1 aliphatic heterocycles. The van der Waals surface area contributed by atoms with Gasteiger partial charge in [0.25, 0.3) is 0 Å². The lowest BCUT2D eigenvalue weighted by atomic mass is 10.1. The number of fused-ring (bicyclic) bond motifs is 1. The summed E-state index contributed by atoms with van der Waals surface area (Å²) in [5, 5.41) is 0.934. The molecule has 6 heteroatoms. The summed E-state index contributed by atoms with van der Waals surface area (Å²) in [6.45, 7) is 0.298. The predicted octanol–water partition coefficient (Wildman–Crippen LogP) is 4.53. The van der Waals surface area contributed by atoms with Gasteiger partial charge in [0, 0.05) is 10.4 Å². The summed E-state index contributed by atoms with van der Waals surface area (Å²) in [5.41, 5.74) is 1.43. The van der Waals surface area contributed by atoms with Crippen LogP contribution < -0.4 is 4.90 Å². The van der Waals surface area contributed by atoms with E-state index in [-0.39, 0.29) is 6.04 Å². The summed E-state index contributed by atoms with van der Waals surface area (Å²) in [7, 11) is 0. The number of cyclic esters (lactones) is 1. The van der Waals surface area contributed by atoms with Crippen LogP contribution in [-0.2, 0) is 11.2 Å². The first kappa shape index (κ1) is 15.0. The van der Waals surface area contributed by atoms with E-state index in [1.54, 1.807) is 17.0 Å². The molecule has 0 bridgehead atoms. The van der Waals surface area contributed by atoms with E-state index in [0.29, 0.717) is 34.8 Å². The van der Waals surface area contributed by atoms with Crippen LogP contribution in [0.2, 0.25) is 5.02 Å². The van der Waals surface area contributed by atoms with Crippen LogP contribution in [0.25, 0.3) is 10.9 Å². The van der Waals surface area contributed by atoms with E-state index in [2.05, 4.69) is 4.98 Å². The summed E-state index contributed by atoms with van der Waals surface area (Å²) in [6.07, 6.45) is 0.222. The largest absolute Gasteiger partial charge is 0.447 e. The highest BCUT2D eigenvalue weighted by molar-refractivity contribution is 6.31. The SMILES string of the molecule is O=C1OC[C@H](Cc2ccccc2)N1c1cc2cc(Cl)cc(F)c2[nH]1. The minimum atomic E-state index is -0.448. The standard InChI is InChI=1S/C18H14ClFN2O2/c19-13-7-12-8-16(21-17(12)15(20)9-13)22-14(10-24-18(22)23)6-11-4-2-1-3-5-11/h1-5,7-9,14,21H,6,10H2/t14-/m0/s1. The Hall–Kier alpha value is -2.53. The number of carbonyl (C=O) groups excluding carboxylic acids is 1. The number of benzene rings is 2. The number of rotatable bonds is 3. The van der Waals surface area contributed by atoms with E-state index >= 15 is 0 Å². The first-order valence-corrected chi connectivity index (χ1v) is 7.97. The Labute approximate surface area is 142 Å². The van der Waals surface area contributed by atoms with Crippen molar-refractivity contribution in [3.8, 4) is 0 Å². The smallest absolute Gasteiger partial charge is 0.415 e. The van der Waals surface area contributed by atoms with E-state index in [1.807, 2.05) is 30.3 Å². The van der Waals surface area contributed by atoms with Crippen molar-refractivity contribution < 1.29 is 13.9 Å². The third-order valence-corrected chi connectivity index (χ3v) is 4.38. The number of carbonyl (C=O) groups is 1. The summed E-state index contributed by atoms with van der Waals surface area (Å²) < 4.78 is 19.2. The van der Waals surface area contributed by atoms with Gasteiger partial charge in [0.2, 0.25) is 0 Å².